The van der Waals surface area contributed by atoms with Gasteiger partial charge in [0.05, 0.1) is 0 Å². The third-order valence-electron chi connectivity index (χ3n) is 4.74. The van der Waals surface area contributed by atoms with E-state index in [1.165, 1.54) is 11.1 Å². The molecule has 1 aliphatic heterocycles. The summed E-state index contributed by atoms with van der Waals surface area (Å²) in [5.74, 6) is 0.130. The Bertz CT molecular complexity index is 779. The first-order valence-corrected chi connectivity index (χ1v) is 8.49. The third-order valence-corrected chi connectivity index (χ3v) is 4.74. The zero-order valence-electron chi connectivity index (χ0n) is 14.3. The Morgan fingerprint density at radius 1 is 1.00 bits per heavy atom. The number of hydrogen-bond donors (Lipinski definition) is 0. The molecular weight excluding hydrogens is 298 g/mol. The normalized spacial score (nSPS) is 13.5. The van der Waals surface area contributed by atoms with Crippen molar-refractivity contribution in [2.24, 2.45) is 0 Å². The smallest absolute Gasteiger partial charge is 0.223 e. The molecule has 0 fully saturated rings. The molecule has 0 bridgehead atoms. The van der Waals surface area contributed by atoms with E-state index in [1.807, 2.05) is 49.1 Å². The molecule has 0 saturated carbocycles. The van der Waals surface area contributed by atoms with Gasteiger partial charge in [-0.15, -0.1) is 0 Å². The van der Waals surface area contributed by atoms with Crippen LogP contribution < -0.4 is 0 Å². The molecule has 24 heavy (non-hydrogen) atoms. The van der Waals surface area contributed by atoms with Crippen LogP contribution in [0.1, 0.15) is 45.5 Å². The lowest BCUT2D eigenvalue weighted by Gasteiger charge is -2.28. The number of ketones is 1. The highest BCUT2D eigenvalue weighted by Gasteiger charge is 2.21. The number of Topliss-reactive ketones (excluding diaryl/α,β-unsaturated/α-hetero) is 1. The van der Waals surface area contributed by atoms with Gasteiger partial charge in [-0.05, 0) is 43.0 Å². The molecule has 2 aromatic carbocycles. The lowest BCUT2D eigenvalue weighted by molar-refractivity contribution is -0.132. The van der Waals surface area contributed by atoms with Crippen LogP contribution in [0, 0.1) is 13.8 Å². The quantitative estimate of drug-likeness (QED) is 0.802. The van der Waals surface area contributed by atoms with Crippen LogP contribution in [0.4, 0.5) is 0 Å². The van der Waals surface area contributed by atoms with E-state index < -0.39 is 0 Å². The summed E-state index contributed by atoms with van der Waals surface area (Å²) in [5.41, 5.74) is 5.34. The molecule has 0 atom stereocenters. The van der Waals surface area contributed by atoms with Gasteiger partial charge in [-0.1, -0.05) is 42.0 Å². The topological polar surface area (TPSA) is 37.4 Å². The van der Waals surface area contributed by atoms with Crippen molar-refractivity contribution in [2.75, 3.05) is 6.54 Å². The second-order valence-corrected chi connectivity index (χ2v) is 6.58. The molecule has 3 nitrogen and oxygen atoms in total. The fraction of sp³-hybridized carbons (Fsp3) is 0.333. The maximum absolute atomic E-state index is 12.5. The zero-order chi connectivity index (χ0) is 17.1. The van der Waals surface area contributed by atoms with Crippen molar-refractivity contribution in [3.63, 3.8) is 0 Å². The predicted octanol–water partition coefficient (Wildman–Crippen LogP) is 3.85. The molecule has 1 heterocycles. The Morgan fingerprint density at radius 2 is 1.75 bits per heavy atom. The van der Waals surface area contributed by atoms with Crippen LogP contribution in [0.2, 0.25) is 0 Å². The van der Waals surface area contributed by atoms with Crippen LogP contribution >= 0.6 is 0 Å². The van der Waals surface area contributed by atoms with Gasteiger partial charge >= 0.3 is 0 Å². The van der Waals surface area contributed by atoms with Crippen molar-refractivity contribution < 1.29 is 9.59 Å². The second kappa shape index (κ2) is 7.00. The monoisotopic (exact) mass is 321 g/mol. The van der Waals surface area contributed by atoms with Crippen molar-refractivity contribution in [3.05, 3.63) is 70.3 Å². The molecule has 0 unspecified atom stereocenters. The fourth-order valence-electron chi connectivity index (χ4n) is 3.26. The van der Waals surface area contributed by atoms with Gasteiger partial charge in [0.2, 0.25) is 5.91 Å². The number of benzene rings is 2. The van der Waals surface area contributed by atoms with Gasteiger partial charge in [0, 0.05) is 31.5 Å². The largest absolute Gasteiger partial charge is 0.338 e. The minimum absolute atomic E-state index is 0.0574. The summed E-state index contributed by atoms with van der Waals surface area (Å²) in [6.07, 6.45) is 1.46. The summed E-state index contributed by atoms with van der Waals surface area (Å²) in [5, 5.41) is 0. The summed E-state index contributed by atoms with van der Waals surface area (Å²) < 4.78 is 0. The highest BCUT2D eigenvalue weighted by molar-refractivity contribution is 5.99. The highest BCUT2D eigenvalue weighted by Crippen LogP contribution is 2.20. The van der Waals surface area contributed by atoms with E-state index in [9.17, 15) is 9.59 Å². The van der Waals surface area contributed by atoms with Crippen LogP contribution in [0.15, 0.2) is 42.5 Å². The molecule has 0 aliphatic carbocycles. The number of rotatable bonds is 4. The molecule has 3 rings (SSSR count). The highest BCUT2D eigenvalue weighted by atomic mass is 16.2. The van der Waals surface area contributed by atoms with Crippen molar-refractivity contribution in [3.8, 4) is 0 Å². The van der Waals surface area contributed by atoms with Crippen LogP contribution in [0.5, 0.6) is 0 Å². The van der Waals surface area contributed by atoms with E-state index in [4.69, 9.17) is 0 Å². The molecule has 1 aliphatic rings. The van der Waals surface area contributed by atoms with Gasteiger partial charge in [0.1, 0.15) is 0 Å². The number of fused-ring (bicyclic) bond motifs is 1. The Kier molecular flexibility index (Phi) is 4.79. The minimum Gasteiger partial charge on any atom is -0.338 e. The molecule has 0 spiro atoms. The summed E-state index contributed by atoms with van der Waals surface area (Å²) in [4.78, 5) is 26.8. The first-order valence-electron chi connectivity index (χ1n) is 8.49. The van der Waals surface area contributed by atoms with E-state index in [0.717, 1.165) is 29.7 Å². The lowest BCUT2D eigenvalue weighted by atomic mass is 9.98. The third kappa shape index (κ3) is 3.56. The van der Waals surface area contributed by atoms with Crippen molar-refractivity contribution in [1.82, 2.24) is 4.90 Å². The lowest BCUT2D eigenvalue weighted by Crippen LogP contribution is -2.36. The van der Waals surface area contributed by atoms with E-state index >= 15 is 0 Å². The Balaban J connectivity index is 1.60. The summed E-state index contributed by atoms with van der Waals surface area (Å²) in [6.45, 7) is 5.32. The molecule has 2 aromatic rings. The van der Waals surface area contributed by atoms with Gasteiger partial charge in [0.25, 0.3) is 0 Å². The van der Waals surface area contributed by atoms with Crippen LogP contribution in [0.25, 0.3) is 0 Å². The molecule has 0 saturated heterocycles. The summed E-state index contributed by atoms with van der Waals surface area (Å²) in [7, 11) is 0. The molecule has 0 radical (unpaired) electrons. The predicted molar refractivity (Wildman–Crippen MR) is 95.0 cm³/mol. The van der Waals surface area contributed by atoms with E-state index in [2.05, 4.69) is 12.1 Å². The average molecular weight is 321 g/mol. The first kappa shape index (κ1) is 16.4. The second-order valence-electron chi connectivity index (χ2n) is 6.58. The SMILES string of the molecule is Cc1ccc(C)c(C(=O)CCC(=O)N2CCc3ccccc3C2)c1. The Labute approximate surface area is 143 Å². The summed E-state index contributed by atoms with van der Waals surface area (Å²) in [6, 6.07) is 14.1. The number of nitrogens with zero attached hydrogens (tertiary/aromatic N) is 1. The zero-order valence-corrected chi connectivity index (χ0v) is 14.3. The Hall–Kier alpha value is -2.42. The molecular formula is C21H23NO2. The van der Waals surface area contributed by atoms with Crippen LogP contribution in [-0.2, 0) is 17.8 Å². The fourth-order valence-corrected chi connectivity index (χ4v) is 3.26. The molecule has 0 N–H and O–H groups in total. The van der Waals surface area contributed by atoms with E-state index in [-0.39, 0.29) is 24.5 Å². The first-order chi connectivity index (χ1) is 11.5. The number of hydrogen-bond acceptors (Lipinski definition) is 2. The molecule has 1 amide bonds. The number of aryl methyl sites for hydroxylation is 2. The van der Waals surface area contributed by atoms with Crippen molar-refractivity contribution >= 4 is 11.7 Å². The number of carbonyl (C=O) groups is 2. The van der Waals surface area contributed by atoms with Crippen LogP contribution in [-0.4, -0.2) is 23.1 Å². The standard InChI is InChI=1S/C21H23NO2/c1-15-7-8-16(2)19(13-15)20(23)9-10-21(24)22-12-11-17-5-3-4-6-18(17)14-22/h3-8,13H,9-12,14H2,1-2H3. The Morgan fingerprint density at radius 3 is 2.54 bits per heavy atom. The molecule has 0 aromatic heterocycles. The molecule has 124 valence electrons. The maximum atomic E-state index is 12.5. The van der Waals surface area contributed by atoms with Gasteiger partial charge < -0.3 is 4.90 Å². The van der Waals surface area contributed by atoms with Gasteiger partial charge in [-0.2, -0.15) is 0 Å². The average Bonchev–Trinajstić information content (AvgIpc) is 2.61. The van der Waals surface area contributed by atoms with Gasteiger partial charge in [-0.3, -0.25) is 9.59 Å². The van der Waals surface area contributed by atoms with Gasteiger partial charge in [-0.25, -0.2) is 0 Å². The van der Waals surface area contributed by atoms with E-state index in [1.54, 1.807) is 0 Å². The molecule has 3 heteroatoms. The van der Waals surface area contributed by atoms with Crippen molar-refractivity contribution in [2.45, 2.75) is 39.7 Å². The minimum atomic E-state index is 0.0574. The number of amides is 1. The van der Waals surface area contributed by atoms with Gasteiger partial charge in [0.15, 0.2) is 5.78 Å². The number of carbonyl (C=O) groups excluding carboxylic acids is 2. The summed E-state index contributed by atoms with van der Waals surface area (Å²) >= 11 is 0. The van der Waals surface area contributed by atoms with Crippen molar-refractivity contribution in [1.29, 1.82) is 0 Å². The maximum Gasteiger partial charge on any atom is 0.223 e. The van der Waals surface area contributed by atoms with Crippen LogP contribution in [0.3, 0.4) is 0 Å². The van der Waals surface area contributed by atoms with E-state index in [0.29, 0.717) is 6.54 Å².